The minimum atomic E-state index is -1.15. The average molecular weight is 511 g/mol. The molecule has 0 spiro atoms. The number of nitrogens with zero attached hydrogens (tertiary/aromatic N) is 4. The van der Waals surface area contributed by atoms with Crippen molar-refractivity contribution in [1.29, 1.82) is 0 Å². The van der Waals surface area contributed by atoms with Crippen molar-refractivity contribution in [3.63, 3.8) is 0 Å². The molecule has 2 fully saturated rings. The second-order valence-electron chi connectivity index (χ2n) is 8.17. The number of ether oxygens (including phenoxy) is 1. The first-order valence-electron chi connectivity index (χ1n) is 10.5. The molecule has 0 radical (unpaired) electrons. The summed E-state index contributed by atoms with van der Waals surface area (Å²) < 4.78 is 6.22. The van der Waals surface area contributed by atoms with E-state index in [9.17, 15) is 28.8 Å². The van der Waals surface area contributed by atoms with E-state index in [0.717, 1.165) is 31.9 Å². The third-order valence-corrected chi connectivity index (χ3v) is 6.88. The van der Waals surface area contributed by atoms with Gasteiger partial charge in [-0.15, -0.1) is 0 Å². The molecule has 1 saturated heterocycles. The molecule has 2 unspecified atom stereocenters. The number of esters is 1. The van der Waals surface area contributed by atoms with Crippen LogP contribution >= 0.6 is 23.2 Å². The summed E-state index contributed by atoms with van der Waals surface area (Å²) in [5, 5.41) is -0.172. The van der Waals surface area contributed by atoms with Crippen molar-refractivity contribution in [2.24, 2.45) is 18.9 Å². The van der Waals surface area contributed by atoms with Crippen LogP contribution in [0.4, 0.5) is 5.69 Å². The van der Waals surface area contributed by atoms with Crippen molar-refractivity contribution in [1.82, 2.24) is 13.7 Å². The highest BCUT2D eigenvalue weighted by Gasteiger charge is 2.49. The molecule has 180 valence electrons. The maximum Gasteiger partial charge on any atom is 0.341 e. The third-order valence-electron chi connectivity index (χ3n) is 6.27. The number of anilines is 1. The van der Waals surface area contributed by atoms with Crippen LogP contribution in [0.5, 0.6) is 0 Å². The number of rotatable bonds is 4. The molecule has 11 nitrogen and oxygen atoms in total. The first kappa shape index (κ1) is 24.0. The molecule has 2 amide bonds. The molecule has 2 aliphatic rings. The summed E-state index contributed by atoms with van der Waals surface area (Å²) in [4.78, 5) is 77.2. The smallest absolute Gasteiger partial charge is 0.341 e. The van der Waals surface area contributed by atoms with E-state index in [0.29, 0.717) is 26.5 Å². The van der Waals surface area contributed by atoms with Crippen molar-refractivity contribution in [2.45, 2.75) is 32.2 Å². The van der Waals surface area contributed by atoms with E-state index in [4.69, 9.17) is 23.2 Å². The Morgan fingerprint density at radius 3 is 2.03 bits per heavy atom. The van der Waals surface area contributed by atoms with Crippen LogP contribution in [0.1, 0.15) is 25.7 Å². The van der Waals surface area contributed by atoms with Gasteiger partial charge in [0.1, 0.15) is 6.54 Å². The van der Waals surface area contributed by atoms with Crippen LogP contribution in [-0.4, -0.2) is 38.6 Å². The Morgan fingerprint density at radius 1 is 0.912 bits per heavy atom. The molecule has 1 aliphatic carbocycles. The highest BCUT2D eigenvalue weighted by molar-refractivity contribution is 6.39. The maximum absolute atomic E-state index is 13.1. The van der Waals surface area contributed by atoms with Gasteiger partial charge >= 0.3 is 23.0 Å². The van der Waals surface area contributed by atoms with Crippen LogP contribution in [0.2, 0.25) is 10.0 Å². The van der Waals surface area contributed by atoms with Crippen molar-refractivity contribution in [2.75, 3.05) is 12.0 Å². The fourth-order valence-electron chi connectivity index (χ4n) is 4.50. The number of halogens is 2. The Kier molecular flexibility index (Phi) is 6.26. The Bertz CT molecular complexity index is 1380. The standard InChI is InChI=1S/C21H20Cl2N4O7/c1-24-19(31)25(9-16(28)34-2)21(33)27(20(24)32)15-8-14(12(22)7-13(15)23)26-17(29)10-5-3-4-6-11(10)18(26)30/h7-8,10-11H,3-6,9H2,1-2H3. The van der Waals surface area contributed by atoms with Gasteiger partial charge < -0.3 is 4.74 Å². The van der Waals surface area contributed by atoms with E-state index in [1.54, 1.807) is 0 Å². The number of carbonyl (C=O) groups is 3. The lowest BCUT2D eigenvalue weighted by atomic mass is 9.81. The van der Waals surface area contributed by atoms with Crippen molar-refractivity contribution in [3.8, 4) is 5.69 Å². The molecule has 2 atom stereocenters. The second kappa shape index (κ2) is 8.88. The lowest BCUT2D eigenvalue weighted by Crippen LogP contribution is -2.54. The molecule has 0 bridgehead atoms. The average Bonchev–Trinajstić information content (AvgIpc) is 3.07. The predicted octanol–water partition coefficient (Wildman–Crippen LogP) is 0.857. The van der Waals surface area contributed by atoms with Gasteiger partial charge in [-0.25, -0.2) is 33.0 Å². The van der Waals surface area contributed by atoms with Crippen LogP contribution in [0.15, 0.2) is 26.5 Å². The minimum absolute atomic E-state index is 0.0230. The summed E-state index contributed by atoms with van der Waals surface area (Å²) in [6.07, 6.45) is 2.84. The summed E-state index contributed by atoms with van der Waals surface area (Å²) in [5.74, 6) is -2.59. The molecule has 0 N–H and O–H groups in total. The zero-order valence-electron chi connectivity index (χ0n) is 18.2. The molecule has 1 saturated carbocycles. The number of aromatic nitrogens is 3. The van der Waals surface area contributed by atoms with Gasteiger partial charge in [0, 0.05) is 7.05 Å². The summed E-state index contributed by atoms with van der Waals surface area (Å²) in [6, 6.07) is 2.39. The molecular formula is C21H20Cl2N4O7. The van der Waals surface area contributed by atoms with Gasteiger partial charge in [0.2, 0.25) is 11.8 Å². The van der Waals surface area contributed by atoms with Gasteiger partial charge in [0.15, 0.2) is 0 Å². The Hall–Kier alpha value is -3.18. The third kappa shape index (κ3) is 3.68. The monoisotopic (exact) mass is 510 g/mol. The van der Waals surface area contributed by atoms with Gasteiger partial charge in [-0.05, 0) is 25.0 Å². The SMILES string of the molecule is COC(=O)Cn1c(=O)n(C)c(=O)n(-c2cc(N3C(=O)C4CCCCC4C3=O)c(Cl)cc2Cl)c1=O. The van der Waals surface area contributed by atoms with Crippen molar-refractivity contribution < 1.29 is 19.1 Å². The van der Waals surface area contributed by atoms with Crippen LogP contribution in [0.3, 0.4) is 0 Å². The normalized spacial score (nSPS) is 19.9. The first-order valence-corrected chi connectivity index (χ1v) is 11.2. The molecule has 34 heavy (non-hydrogen) atoms. The molecule has 1 aliphatic heterocycles. The zero-order valence-corrected chi connectivity index (χ0v) is 19.8. The highest BCUT2D eigenvalue weighted by atomic mass is 35.5. The molecule has 1 aromatic heterocycles. The van der Waals surface area contributed by atoms with E-state index in [1.165, 1.54) is 12.1 Å². The van der Waals surface area contributed by atoms with Gasteiger partial charge in [0.25, 0.3) is 0 Å². The van der Waals surface area contributed by atoms with Crippen molar-refractivity contribution in [3.05, 3.63) is 53.6 Å². The van der Waals surface area contributed by atoms with Gasteiger partial charge in [-0.3, -0.25) is 14.4 Å². The zero-order chi connectivity index (χ0) is 24.9. The van der Waals surface area contributed by atoms with E-state index in [1.807, 2.05) is 0 Å². The van der Waals surface area contributed by atoms with Gasteiger partial charge in [0.05, 0.1) is 40.4 Å². The number of benzene rings is 1. The van der Waals surface area contributed by atoms with Crippen LogP contribution in [0, 0.1) is 11.8 Å². The lowest BCUT2D eigenvalue weighted by molar-refractivity contribution is -0.141. The lowest BCUT2D eigenvalue weighted by Gasteiger charge is -2.19. The Balaban J connectivity index is 1.92. The van der Waals surface area contributed by atoms with Crippen LogP contribution in [0.25, 0.3) is 5.69 Å². The van der Waals surface area contributed by atoms with Gasteiger partial charge in [-0.1, -0.05) is 36.0 Å². The number of hydrogen-bond donors (Lipinski definition) is 0. The molecule has 1 aromatic carbocycles. The number of hydrogen-bond acceptors (Lipinski definition) is 7. The Morgan fingerprint density at radius 2 is 1.47 bits per heavy atom. The molecule has 13 heteroatoms. The van der Waals surface area contributed by atoms with Gasteiger partial charge in [-0.2, -0.15) is 0 Å². The number of methoxy groups -OCH3 is 1. The number of fused-ring (bicyclic) bond motifs is 1. The quantitative estimate of drug-likeness (QED) is 0.440. The number of imide groups is 1. The second-order valence-corrected chi connectivity index (χ2v) is 8.98. The summed E-state index contributed by atoms with van der Waals surface area (Å²) in [6.45, 7) is -0.743. The van der Waals surface area contributed by atoms with E-state index in [-0.39, 0.29) is 21.4 Å². The minimum Gasteiger partial charge on any atom is -0.468 e. The largest absolute Gasteiger partial charge is 0.468 e. The molecule has 2 aromatic rings. The number of carbonyl (C=O) groups excluding carboxylic acids is 3. The topological polar surface area (TPSA) is 130 Å². The predicted molar refractivity (Wildman–Crippen MR) is 122 cm³/mol. The molecule has 2 heterocycles. The fourth-order valence-corrected chi connectivity index (χ4v) is 5.05. The number of amides is 2. The molecule has 4 rings (SSSR count). The van der Waals surface area contributed by atoms with E-state index >= 15 is 0 Å². The first-order chi connectivity index (χ1) is 16.1. The van der Waals surface area contributed by atoms with E-state index < -0.39 is 53.2 Å². The maximum atomic E-state index is 13.1. The van der Waals surface area contributed by atoms with Crippen molar-refractivity contribution >= 4 is 46.7 Å². The Labute approximate surface area is 202 Å². The van der Waals surface area contributed by atoms with Crippen LogP contribution in [-0.2, 0) is 32.7 Å². The summed E-state index contributed by atoms with van der Waals surface area (Å²) in [5.41, 5.74) is -3.46. The summed E-state index contributed by atoms with van der Waals surface area (Å²) in [7, 11) is 2.20. The van der Waals surface area contributed by atoms with E-state index in [2.05, 4.69) is 4.74 Å². The fraction of sp³-hybridized carbons (Fsp3) is 0.429. The molecular weight excluding hydrogens is 491 g/mol. The highest BCUT2D eigenvalue weighted by Crippen LogP contribution is 2.43. The summed E-state index contributed by atoms with van der Waals surface area (Å²) >= 11 is 12.6. The van der Waals surface area contributed by atoms with Crippen LogP contribution < -0.4 is 22.0 Å².